The van der Waals surface area contributed by atoms with Gasteiger partial charge in [-0.15, -0.1) is 0 Å². The summed E-state index contributed by atoms with van der Waals surface area (Å²) in [5.74, 6) is -0.168. The third-order valence-electron chi connectivity index (χ3n) is 3.93. The van der Waals surface area contributed by atoms with Crippen molar-refractivity contribution in [1.29, 1.82) is 0 Å². The largest absolute Gasteiger partial charge is 0.454 e. The summed E-state index contributed by atoms with van der Waals surface area (Å²) in [6.07, 6.45) is 4.50. The summed E-state index contributed by atoms with van der Waals surface area (Å²) < 4.78 is 5.37. The Hall–Kier alpha value is -1.57. The van der Waals surface area contributed by atoms with Crippen LogP contribution in [0.1, 0.15) is 28.7 Å². The molecule has 0 spiro atoms. The zero-order valence-electron chi connectivity index (χ0n) is 10.2. The van der Waals surface area contributed by atoms with E-state index in [9.17, 15) is 4.79 Å². The molecule has 0 amide bonds. The number of benzene rings is 1. The molecule has 0 bridgehead atoms. The highest BCUT2D eigenvalue weighted by molar-refractivity contribution is 5.86. The lowest BCUT2D eigenvalue weighted by molar-refractivity contribution is -0.138. The minimum Gasteiger partial charge on any atom is -0.454 e. The molecular formula is C15H16O2. The van der Waals surface area contributed by atoms with Crippen LogP contribution in [-0.2, 0) is 22.4 Å². The summed E-state index contributed by atoms with van der Waals surface area (Å²) in [4.78, 5) is 11.3. The number of aryl methyl sites for hydroxylation is 2. The van der Waals surface area contributed by atoms with E-state index >= 15 is 0 Å². The van der Waals surface area contributed by atoms with E-state index in [2.05, 4.69) is 26.0 Å². The molecule has 1 aliphatic carbocycles. The van der Waals surface area contributed by atoms with Crippen LogP contribution in [0.5, 0.6) is 0 Å². The first-order valence-electron chi connectivity index (χ1n) is 6.14. The Balaban J connectivity index is 2.06. The molecule has 1 aliphatic heterocycles. The van der Waals surface area contributed by atoms with Crippen LogP contribution in [0.25, 0.3) is 0 Å². The summed E-state index contributed by atoms with van der Waals surface area (Å²) >= 11 is 0. The van der Waals surface area contributed by atoms with E-state index in [-0.39, 0.29) is 12.1 Å². The smallest absolute Gasteiger partial charge is 0.331 e. The Labute approximate surface area is 101 Å². The molecule has 2 heteroatoms. The van der Waals surface area contributed by atoms with Gasteiger partial charge in [0.25, 0.3) is 0 Å². The predicted octanol–water partition coefficient (Wildman–Crippen LogP) is 2.64. The number of carbonyl (C=O) groups is 1. The maximum atomic E-state index is 11.3. The molecule has 1 atom stereocenters. The Morgan fingerprint density at radius 3 is 2.59 bits per heavy atom. The molecule has 1 unspecified atom stereocenters. The second-order valence-electron chi connectivity index (χ2n) is 5.01. The van der Waals surface area contributed by atoms with Gasteiger partial charge in [-0.05, 0) is 54.5 Å². The lowest BCUT2D eigenvalue weighted by Crippen LogP contribution is -2.14. The molecule has 88 valence electrons. The first-order valence-corrected chi connectivity index (χ1v) is 6.14. The highest BCUT2D eigenvalue weighted by atomic mass is 16.5. The van der Waals surface area contributed by atoms with Crippen LogP contribution in [0, 0.1) is 13.8 Å². The number of hydrogen-bond acceptors (Lipinski definition) is 2. The van der Waals surface area contributed by atoms with Gasteiger partial charge in [-0.1, -0.05) is 12.1 Å². The average Bonchev–Trinajstić information content (AvgIpc) is 2.53. The summed E-state index contributed by atoms with van der Waals surface area (Å²) in [6, 6.07) is 4.36. The Bertz CT molecular complexity index is 526. The zero-order valence-corrected chi connectivity index (χ0v) is 10.2. The normalized spacial score (nSPS) is 22.4. The highest BCUT2D eigenvalue weighted by Crippen LogP contribution is 2.32. The standard InChI is InChI=1S/C15H16O2/c1-9-3-4-10(2)13-8-14-11(5-6-12(9)13)7-15(16)17-14/h3-4,7,14H,5-6,8H2,1-2H3. The molecule has 0 saturated carbocycles. The minimum absolute atomic E-state index is 0.00995. The second kappa shape index (κ2) is 3.73. The van der Waals surface area contributed by atoms with Gasteiger partial charge in [0.1, 0.15) is 6.10 Å². The van der Waals surface area contributed by atoms with Gasteiger partial charge in [0.15, 0.2) is 0 Å². The molecular weight excluding hydrogens is 212 g/mol. The molecule has 0 N–H and O–H groups in total. The minimum atomic E-state index is -0.168. The molecule has 1 heterocycles. The molecule has 0 saturated heterocycles. The quantitative estimate of drug-likeness (QED) is 0.638. The third-order valence-corrected chi connectivity index (χ3v) is 3.93. The first kappa shape index (κ1) is 10.6. The van der Waals surface area contributed by atoms with E-state index in [1.165, 1.54) is 27.8 Å². The van der Waals surface area contributed by atoms with Crippen molar-refractivity contribution in [3.8, 4) is 0 Å². The van der Waals surface area contributed by atoms with Gasteiger partial charge >= 0.3 is 5.97 Å². The number of rotatable bonds is 0. The van der Waals surface area contributed by atoms with Crippen LogP contribution in [0.3, 0.4) is 0 Å². The molecule has 0 radical (unpaired) electrons. The second-order valence-corrected chi connectivity index (χ2v) is 5.01. The van der Waals surface area contributed by atoms with Gasteiger partial charge in [0.2, 0.25) is 0 Å². The van der Waals surface area contributed by atoms with Crippen LogP contribution >= 0.6 is 0 Å². The van der Waals surface area contributed by atoms with Crippen molar-refractivity contribution in [1.82, 2.24) is 0 Å². The van der Waals surface area contributed by atoms with Crippen LogP contribution < -0.4 is 0 Å². The van der Waals surface area contributed by atoms with Gasteiger partial charge < -0.3 is 4.74 Å². The van der Waals surface area contributed by atoms with Crippen molar-refractivity contribution in [2.24, 2.45) is 0 Å². The third kappa shape index (κ3) is 1.68. The van der Waals surface area contributed by atoms with Gasteiger partial charge in [-0.2, -0.15) is 0 Å². The molecule has 2 aliphatic rings. The lowest BCUT2D eigenvalue weighted by atomic mass is 9.93. The van der Waals surface area contributed by atoms with E-state index in [1.807, 2.05) is 0 Å². The number of fused-ring (bicyclic) bond motifs is 2. The summed E-state index contributed by atoms with van der Waals surface area (Å²) in [5.41, 5.74) is 6.68. The average molecular weight is 228 g/mol. The molecule has 1 aromatic rings. The van der Waals surface area contributed by atoms with Gasteiger partial charge in [0.05, 0.1) is 0 Å². The summed E-state index contributed by atoms with van der Waals surface area (Å²) in [7, 11) is 0. The molecule has 17 heavy (non-hydrogen) atoms. The summed E-state index contributed by atoms with van der Waals surface area (Å²) in [5, 5.41) is 0. The van der Waals surface area contributed by atoms with Crippen LogP contribution in [0.4, 0.5) is 0 Å². The van der Waals surface area contributed by atoms with Crippen LogP contribution in [-0.4, -0.2) is 12.1 Å². The maximum absolute atomic E-state index is 11.3. The maximum Gasteiger partial charge on any atom is 0.331 e. The Morgan fingerprint density at radius 1 is 1.12 bits per heavy atom. The Kier molecular flexibility index (Phi) is 2.32. The molecule has 2 nitrogen and oxygen atoms in total. The fourth-order valence-electron chi connectivity index (χ4n) is 2.91. The van der Waals surface area contributed by atoms with E-state index in [0.717, 1.165) is 19.3 Å². The molecule has 0 fully saturated rings. The fourth-order valence-corrected chi connectivity index (χ4v) is 2.91. The van der Waals surface area contributed by atoms with Crippen LogP contribution in [0.15, 0.2) is 23.8 Å². The van der Waals surface area contributed by atoms with Crippen molar-refractivity contribution in [3.05, 3.63) is 46.0 Å². The monoisotopic (exact) mass is 228 g/mol. The topological polar surface area (TPSA) is 26.3 Å². The van der Waals surface area contributed by atoms with Crippen LogP contribution in [0.2, 0.25) is 0 Å². The van der Waals surface area contributed by atoms with Crippen molar-refractivity contribution in [3.63, 3.8) is 0 Å². The van der Waals surface area contributed by atoms with E-state index < -0.39 is 0 Å². The van der Waals surface area contributed by atoms with E-state index in [0.29, 0.717) is 0 Å². The SMILES string of the molecule is Cc1ccc(C)c2c1CCC1=CC(=O)OC1C2. The van der Waals surface area contributed by atoms with Crippen molar-refractivity contribution in [2.45, 2.75) is 39.2 Å². The van der Waals surface area contributed by atoms with Crippen molar-refractivity contribution < 1.29 is 9.53 Å². The van der Waals surface area contributed by atoms with E-state index in [1.54, 1.807) is 6.08 Å². The fraction of sp³-hybridized carbons (Fsp3) is 0.400. The lowest BCUT2D eigenvalue weighted by Gasteiger charge is -2.15. The van der Waals surface area contributed by atoms with Gasteiger partial charge in [-0.25, -0.2) is 4.79 Å². The van der Waals surface area contributed by atoms with Gasteiger partial charge in [-0.3, -0.25) is 0 Å². The zero-order chi connectivity index (χ0) is 12.0. The van der Waals surface area contributed by atoms with E-state index in [4.69, 9.17) is 4.74 Å². The number of esters is 1. The molecule has 3 rings (SSSR count). The van der Waals surface area contributed by atoms with Crippen molar-refractivity contribution >= 4 is 5.97 Å². The number of carbonyl (C=O) groups excluding carboxylic acids is 1. The summed E-state index contributed by atoms with van der Waals surface area (Å²) in [6.45, 7) is 4.31. The number of hydrogen-bond donors (Lipinski definition) is 0. The number of ether oxygens (including phenoxy) is 1. The predicted molar refractivity (Wildman–Crippen MR) is 65.9 cm³/mol. The molecule has 0 aromatic heterocycles. The molecule has 1 aromatic carbocycles. The van der Waals surface area contributed by atoms with Crippen molar-refractivity contribution in [2.75, 3.05) is 0 Å². The van der Waals surface area contributed by atoms with Gasteiger partial charge in [0, 0.05) is 12.5 Å². The Morgan fingerprint density at radius 2 is 1.82 bits per heavy atom. The first-order chi connectivity index (χ1) is 8.15. The highest BCUT2D eigenvalue weighted by Gasteiger charge is 2.30.